The molecule has 122 valence electrons. The van der Waals surface area contributed by atoms with E-state index < -0.39 is 18.0 Å². The summed E-state index contributed by atoms with van der Waals surface area (Å²) in [5.41, 5.74) is 0.917. The lowest BCUT2D eigenvalue weighted by atomic mass is 10.1. The number of hydrogen-bond acceptors (Lipinski definition) is 5. The molecule has 1 aromatic rings. The second kappa shape index (κ2) is 7.09. The summed E-state index contributed by atoms with van der Waals surface area (Å²) in [7, 11) is 1.62. The van der Waals surface area contributed by atoms with Gasteiger partial charge in [0.25, 0.3) is 0 Å². The lowest BCUT2D eigenvalue weighted by Gasteiger charge is -2.43. The number of aliphatic hydroxyl groups excluding tert-OH is 1. The molecule has 6 heteroatoms. The van der Waals surface area contributed by atoms with Gasteiger partial charge in [0, 0.05) is 7.05 Å². The Morgan fingerprint density at radius 3 is 2.73 bits per heavy atom. The molecule has 0 aliphatic carbocycles. The molecule has 1 heterocycles. The van der Waals surface area contributed by atoms with Gasteiger partial charge < -0.3 is 24.2 Å². The van der Waals surface area contributed by atoms with E-state index in [1.54, 1.807) is 20.9 Å². The molecule has 0 bridgehead atoms. The van der Waals surface area contributed by atoms with E-state index in [0.29, 0.717) is 0 Å². The highest BCUT2D eigenvalue weighted by Gasteiger charge is 2.39. The van der Waals surface area contributed by atoms with Crippen LogP contribution in [0.2, 0.25) is 0 Å². The Morgan fingerprint density at radius 1 is 1.41 bits per heavy atom. The summed E-state index contributed by atoms with van der Waals surface area (Å²) in [6.07, 6.45) is -0.975. The number of carbonyl (C=O) groups excluding carboxylic acids is 1. The largest absolute Gasteiger partial charge is 0.445 e. The number of carbonyl (C=O) groups is 1. The lowest BCUT2D eigenvalue weighted by molar-refractivity contribution is -0.295. The second-order valence-electron chi connectivity index (χ2n) is 5.77. The van der Waals surface area contributed by atoms with Crippen LogP contribution in [0.25, 0.3) is 0 Å². The number of amides is 1. The fourth-order valence-corrected chi connectivity index (χ4v) is 2.35. The van der Waals surface area contributed by atoms with Crippen LogP contribution in [0.5, 0.6) is 0 Å². The topological polar surface area (TPSA) is 68.2 Å². The molecule has 22 heavy (non-hydrogen) atoms. The van der Waals surface area contributed by atoms with Gasteiger partial charge in [0.1, 0.15) is 12.7 Å². The molecule has 0 saturated carbocycles. The molecule has 1 aromatic carbocycles. The Morgan fingerprint density at radius 2 is 2.09 bits per heavy atom. The van der Waals surface area contributed by atoms with Gasteiger partial charge in [-0.05, 0) is 19.4 Å². The Hall–Kier alpha value is -1.63. The van der Waals surface area contributed by atoms with Crippen molar-refractivity contribution in [3.8, 4) is 0 Å². The molecule has 1 fully saturated rings. The number of rotatable bonds is 4. The van der Waals surface area contributed by atoms with Gasteiger partial charge in [0.15, 0.2) is 5.79 Å². The molecule has 0 radical (unpaired) electrons. The number of nitrogens with zero attached hydrogens (tertiary/aromatic N) is 1. The van der Waals surface area contributed by atoms with Gasteiger partial charge in [-0.15, -0.1) is 0 Å². The van der Waals surface area contributed by atoms with Gasteiger partial charge in [-0.25, -0.2) is 4.79 Å². The van der Waals surface area contributed by atoms with Crippen LogP contribution in [0.1, 0.15) is 19.4 Å². The molecule has 1 N–H and O–H groups in total. The van der Waals surface area contributed by atoms with E-state index in [2.05, 4.69) is 0 Å². The standard InChI is InChI=1S/C16H23NO5/c1-16(2)21-11-13(14(9-18)22-16)17(3)15(19)20-10-12-7-5-4-6-8-12/h4-8,13-14,18H,9-11H2,1-3H3. The third kappa shape index (κ3) is 4.19. The van der Waals surface area contributed by atoms with Crippen molar-refractivity contribution in [1.29, 1.82) is 0 Å². The maximum atomic E-state index is 12.1. The predicted molar refractivity (Wildman–Crippen MR) is 80.2 cm³/mol. The summed E-state index contributed by atoms with van der Waals surface area (Å²) in [5.74, 6) is -0.765. The highest BCUT2D eigenvalue weighted by atomic mass is 16.7. The first-order valence-electron chi connectivity index (χ1n) is 7.29. The first-order valence-corrected chi connectivity index (χ1v) is 7.29. The maximum Gasteiger partial charge on any atom is 0.410 e. The van der Waals surface area contributed by atoms with Gasteiger partial charge in [0.05, 0.1) is 19.3 Å². The number of benzene rings is 1. The van der Waals surface area contributed by atoms with Crippen molar-refractivity contribution in [1.82, 2.24) is 4.90 Å². The molecule has 1 aliphatic heterocycles. The van der Waals surface area contributed by atoms with Gasteiger partial charge in [-0.1, -0.05) is 30.3 Å². The first kappa shape index (κ1) is 16.7. The Balaban J connectivity index is 1.92. The Kier molecular flexibility index (Phi) is 5.39. The van der Waals surface area contributed by atoms with Crippen molar-refractivity contribution >= 4 is 6.09 Å². The summed E-state index contributed by atoms with van der Waals surface area (Å²) in [5, 5.41) is 9.47. The molecule has 0 aromatic heterocycles. The zero-order chi connectivity index (χ0) is 16.2. The smallest absolute Gasteiger partial charge is 0.410 e. The van der Waals surface area contributed by atoms with Gasteiger partial charge in [0.2, 0.25) is 0 Å². The van der Waals surface area contributed by atoms with Crippen molar-refractivity contribution in [3.05, 3.63) is 35.9 Å². The Bertz CT molecular complexity index is 491. The molecule has 6 nitrogen and oxygen atoms in total. The zero-order valence-corrected chi connectivity index (χ0v) is 13.2. The number of ether oxygens (including phenoxy) is 3. The zero-order valence-electron chi connectivity index (χ0n) is 13.2. The van der Waals surface area contributed by atoms with E-state index in [1.165, 1.54) is 4.90 Å². The van der Waals surface area contributed by atoms with Gasteiger partial charge >= 0.3 is 6.09 Å². The van der Waals surface area contributed by atoms with Crippen LogP contribution in [-0.4, -0.2) is 54.3 Å². The van der Waals surface area contributed by atoms with Crippen LogP contribution in [0.3, 0.4) is 0 Å². The molecule has 2 unspecified atom stereocenters. The molecule has 2 rings (SSSR count). The van der Waals surface area contributed by atoms with Crippen molar-refractivity contribution in [2.75, 3.05) is 20.3 Å². The predicted octanol–water partition coefficient (Wildman–Crippen LogP) is 1.77. The van der Waals surface area contributed by atoms with Crippen LogP contribution in [0.4, 0.5) is 4.79 Å². The summed E-state index contributed by atoms with van der Waals surface area (Å²) in [6.45, 7) is 3.86. The van der Waals surface area contributed by atoms with E-state index in [1.807, 2.05) is 30.3 Å². The van der Waals surface area contributed by atoms with Gasteiger partial charge in [-0.3, -0.25) is 0 Å². The summed E-state index contributed by atoms with van der Waals surface area (Å²) in [4.78, 5) is 13.6. The maximum absolute atomic E-state index is 12.1. The van der Waals surface area contributed by atoms with Crippen molar-refractivity contribution < 1.29 is 24.1 Å². The van der Waals surface area contributed by atoms with E-state index in [4.69, 9.17) is 14.2 Å². The van der Waals surface area contributed by atoms with Crippen molar-refractivity contribution in [2.24, 2.45) is 0 Å². The van der Waals surface area contributed by atoms with E-state index in [9.17, 15) is 9.90 Å². The molecule has 1 saturated heterocycles. The van der Waals surface area contributed by atoms with Gasteiger partial charge in [-0.2, -0.15) is 0 Å². The number of hydrogen-bond donors (Lipinski definition) is 1. The second-order valence-corrected chi connectivity index (χ2v) is 5.77. The van der Waals surface area contributed by atoms with E-state index in [0.717, 1.165) is 5.56 Å². The highest BCUT2D eigenvalue weighted by Crippen LogP contribution is 2.25. The third-order valence-electron chi connectivity index (χ3n) is 3.64. The minimum atomic E-state index is -0.765. The Labute approximate surface area is 130 Å². The SMILES string of the molecule is CN(C(=O)OCc1ccccc1)C1COC(C)(C)OC1CO. The average molecular weight is 309 g/mol. The van der Waals surface area contributed by atoms with Crippen molar-refractivity contribution in [3.63, 3.8) is 0 Å². The minimum absolute atomic E-state index is 0.187. The summed E-state index contributed by atoms with van der Waals surface area (Å²) < 4.78 is 16.5. The molecular weight excluding hydrogens is 286 g/mol. The number of likely N-dealkylation sites (N-methyl/N-ethyl adjacent to an activating group) is 1. The average Bonchev–Trinajstić information content (AvgIpc) is 2.52. The highest BCUT2D eigenvalue weighted by molar-refractivity contribution is 5.67. The molecule has 0 spiro atoms. The fourth-order valence-electron chi connectivity index (χ4n) is 2.35. The van der Waals surface area contributed by atoms with Crippen LogP contribution >= 0.6 is 0 Å². The van der Waals surface area contributed by atoms with E-state index >= 15 is 0 Å². The molecule has 2 atom stereocenters. The lowest BCUT2D eigenvalue weighted by Crippen LogP contribution is -2.57. The first-order chi connectivity index (χ1) is 10.4. The molecule has 1 amide bonds. The van der Waals surface area contributed by atoms with Crippen LogP contribution in [0.15, 0.2) is 30.3 Å². The minimum Gasteiger partial charge on any atom is -0.445 e. The van der Waals surface area contributed by atoms with Crippen molar-refractivity contribution in [2.45, 2.75) is 38.4 Å². The summed E-state index contributed by atoms with van der Waals surface area (Å²) in [6, 6.07) is 9.07. The molecule has 1 aliphatic rings. The van der Waals surface area contributed by atoms with Crippen LogP contribution in [0, 0.1) is 0 Å². The van der Waals surface area contributed by atoms with E-state index in [-0.39, 0.29) is 25.9 Å². The van der Waals surface area contributed by atoms with Crippen LogP contribution < -0.4 is 0 Å². The molecular formula is C16H23NO5. The monoisotopic (exact) mass is 309 g/mol. The number of aliphatic hydroxyl groups is 1. The quantitative estimate of drug-likeness (QED) is 0.918. The third-order valence-corrected chi connectivity index (χ3v) is 3.64. The summed E-state index contributed by atoms with van der Waals surface area (Å²) >= 11 is 0. The normalized spacial score (nSPS) is 23.8. The van der Waals surface area contributed by atoms with Crippen LogP contribution in [-0.2, 0) is 20.8 Å². The fraction of sp³-hybridized carbons (Fsp3) is 0.562.